The Kier molecular flexibility index (Phi) is 10.4. The summed E-state index contributed by atoms with van der Waals surface area (Å²) in [6, 6.07) is 8.89. The fraction of sp³-hybridized carbons (Fsp3) is 0.387. The Morgan fingerprint density at radius 3 is 2.02 bits per heavy atom. The van der Waals surface area contributed by atoms with Gasteiger partial charge < -0.3 is 24.1 Å². The van der Waals surface area contributed by atoms with Crippen molar-refractivity contribution in [3.63, 3.8) is 0 Å². The molecule has 228 valence electrons. The van der Waals surface area contributed by atoms with Gasteiger partial charge in [-0.2, -0.15) is 4.98 Å². The first-order valence-corrected chi connectivity index (χ1v) is 15.3. The molecular weight excluding hydrogens is 594 g/mol. The number of methoxy groups -OCH3 is 2. The van der Waals surface area contributed by atoms with Gasteiger partial charge in [-0.1, -0.05) is 13.8 Å². The number of pyridine rings is 1. The normalized spacial score (nSPS) is 12.6. The molecule has 4 aromatic rings. The van der Waals surface area contributed by atoms with Gasteiger partial charge in [-0.3, -0.25) is 19.2 Å². The summed E-state index contributed by atoms with van der Waals surface area (Å²) in [4.78, 5) is 54.1. The Morgan fingerprint density at radius 2 is 1.40 bits per heavy atom. The van der Waals surface area contributed by atoms with E-state index in [0.29, 0.717) is 57.3 Å². The molecule has 12 heteroatoms. The number of thiophene rings is 2. The van der Waals surface area contributed by atoms with Gasteiger partial charge in [0.2, 0.25) is 0 Å². The van der Waals surface area contributed by atoms with E-state index in [2.05, 4.69) is 4.98 Å². The lowest BCUT2D eigenvalue weighted by molar-refractivity contribution is -0.141. The highest BCUT2D eigenvalue weighted by Crippen LogP contribution is 2.38. The molecule has 4 rings (SSSR count). The number of carboxylic acids is 1. The van der Waals surface area contributed by atoms with Gasteiger partial charge in [0.25, 0.3) is 5.88 Å². The maximum atomic E-state index is 12.7. The highest BCUT2D eigenvalue weighted by molar-refractivity contribution is 7.21. The second-order valence-corrected chi connectivity index (χ2v) is 12.3. The van der Waals surface area contributed by atoms with Gasteiger partial charge in [0.15, 0.2) is 28.8 Å². The molecule has 0 saturated carbocycles. The smallest absolute Gasteiger partial charge is 0.306 e. The van der Waals surface area contributed by atoms with Gasteiger partial charge in [-0.15, -0.1) is 22.7 Å². The van der Waals surface area contributed by atoms with Crippen LogP contribution in [0.1, 0.15) is 59.4 Å². The number of ether oxygens (including phenoxy) is 4. The molecule has 0 spiro atoms. The minimum atomic E-state index is -1.00. The van der Waals surface area contributed by atoms with E-state index < -0.39 is 11.9 Å². The van der Waals surface area contributed by atoms with Crippen molar-refractivity contribution < 1.29 is 43.2 Å². The number of aromatic nitrogens is 1. The standard InChI is InChI=1S/C31H33NO9S2/c1-16(18(3)33)9-21(34)28-14-20-12-25(29(39-5)32-30(20)43-28)41-8-6-7-40-24-11-19-13-27(22(35)10-17(2)31(36)37)42-26(19)15-23(24)38-4/h11-17H,6-10H2,1-5H3,(H,36,37)/t16-,17-/m0/s1. The molecule has 1 aromatic carbocycles. The third-order valence-corrected chi connectivity index (χ3v) is 9.11. The number of carboxylic acid groups (broad SMARTS) is 1. The van der Waals surface area contributed by atoms with Crippen molar-refractivity contribution in [1.29, 1.82) is 0 Å². The summed E-state index contributed by atoms with van der Waals surface area (Å²) in [5.74, 6) is -0.665. The van der Waals surface area contributed by atoms with Crippen LogP contribution in [-0.2, 0) is 9.59 Å². The fourth-order valence-electron chi connectivity index (χ4n) is 4.19. The summed E-state index contributed by atoms with van der Waals surface area (Å²) in [5, 5.41) is 10.7. The van der Waals surface area contributed by atoms with Crippen LogP contribution in [0.3, 0.4) is 0 Å². The summed E-state index contributed by atoms with van der Waals surface area (Å²) in [6.07, 6.45) is 0.610. The first-order chi connectivity index (χ1) is 20.5. The number of nitrogens with zero attached hydrogens (tertiary/aromatic N) is 1. The van der Waals surface area contributed by atoms with E-state index in [-0.39, 0.29) is 36.1 Å². The van der Waals surface area contributed by atoms with Crippen LogP contribution < -0.4 is 18.9 Å². The average molecular weight is 628 g/mol. The first-order valence-electron chi connectivity index (χ1n) is 13.7. The van der Waals surface area contributed by atoms with Crippen LogP contribution in [0, 0.1) is 11.8 Å². The Morgan fingerprint density at radius 1 is 0.791 bits per heavy atom. The molecule has 2 atom stereocenters. The number of carbonyl (C=O) groups is 4. The first kappa shape index (κ1) is 31.9. The van der Waals surface area contributed by atoms with Crippen molar-refractivity contribution in [3.05, 3.63) is 40.1 Å². The van der Waals surface area contributed by atoms with Crippen LogP contribution in [0.15, 0.2) is 30.3 Å². The number of carbonyl (C=O) groups excluding carboxylic acids is 3. The molecule has 0 amide bonds. The van der Waals surface area contributed by atoms with Crippen molar-refractivity contribution in [2.75, 3.05) is 27.4 Å². The minimum absolute atomic E-state index is 0.0235. The summed E-state index contributed by atoms with van der Waals surface area (Å²) >= 11 is 2.55. The van der Waals surface area contributed by atoms with Gasteiger partial charge in [0, 0.05) is 41.3 Å². The lowest BCUT2D eigenvalue weighted by Gasteiger charge is -2.12. The van der Waals surface area contributed by atoms with Gasteiger partial charge in [-0.25, -0.2) is 0 Å². The molecule has 0 aliphatic rings. The summed E-state index contributed by atoms with van der Waals surface area (Å²) < 4.78 is 23.7. The lowest BCUT2D eigenvalue weighted by Crippen LogP contribution is -2.13. The zero-order valence-electron chi connectivity index (χ0n) is 24.6. The number of fused-ring (bicyclic) bond motifs is 2. The molecule has 0 aliphatic heterocycles. The molecular formula is C31H33NO9S2. The van der Waals surface area contributed by atoms with E-state index in [1.807, 2.05) is 0 Å². The minimum Gasteiger partial charge on any atom is -0.493 e. The molecule has 0 unspecified atom stereocenters. The van der Waals surface area contributed by atoms with E-state index in [1.54, 1.807) is 37.3 Å². The van der Waals surface area contributed by atoms with Crippen molar-refractivity contribution in [3.8, 4) is 23.1 Å². The molecule has 0 fully saturated rings. The lowest BCUT2D eigenvalue weighted by atomic mass is 10.0. The number of rotatable bonds is 16. The molecule has 0 bridgehead atoms. The number of hydrogen-bond acceptors (Lipinski definition) is 11. The molecule has 0 saturated heterocycles. The van der Waals surface area contributed by atoms with E-state index in [1.165, 1.54) is 50.7 Å². The van der Waals surface area contributed by atoms with Crippen LogP contribution in [0.4, 0.5) is 0 Å². The van der Waals surface area contributed by atoms with Crippen molar-refractivity contribution in [2.45, 2.75) is 40.0 Å². The SMILES string of the molecule is COc1cc2sc(C(=O)C[C@H](C)C(=O)O)cc2cc1OCCCOc1cc2cc(C(=O)C[C@H](C)C(C)=O)sc2nc1OC. The molecule has 43 heavy (non-hydrogen) atoms. The van der Waals surface area contributed by atoms with E-state index in [9.17, 15) is 19.2 Å². The number of Topliss-reactive ketones (excluding diaryl/α,β-unsaturated/α-hetero) is 3. The molecule has 1 N–H and O–H groups in total. The highest BCUT2D eigenvalue weighted by Gasteiger charge is 2.21. The Bertz CT molecular complexity index is 1550. The molecule has 10 nitrogen and oxygen atoms in total. The zero-order chi connectivity index (χ0) is 31.3. The van der Waals surface area contributed by atoms with Gasteiger partial charge in [0.1, 0.15) is 10.6 Å². The Labute approximate surface area is 256 Å². The topological polar surface area (TPSA) is 138 Å². The number of benzene rings is 1. The van der Waals surface area contributed by atoms with Gasteiger partial charge in [-0.05, 0) is 36.6 Å². The largest absolute Gasteiger partial charge is 0.493 e. The number of ketones is 3. The van der Waals surface area contributed by atoms with Crippen LogP contribution in [0.5, 0.6) is 23.1 Å². The second-order valence-electron chi connectivity index (χ2n) is 10.2. The molecule has 3 aromatic heterocycles. The number of hydrogen-bond donors (Lipinski definition) is 1. The Balaban J connectivity index is 1.38. The van der Waals surface area contributed by atoms with Crippen molar-refractivity contribution in [2.24, 2.45) is 11.8 Å². The Hall–Kier alpha value is -4.03. The summed E-state index contributed by atoms with van der Waals surface area (Å²) in [6.45, 7) is 5.36. The van der Waals surface area contributed by atoms with Crippen molar-refractivity contribution in [1.82, 2.24) is 4.98 Å². The van der Waals surface area contributed by atoms with Crippen molar-refractivity contribution >= 4 is 66.3 Å². The maximum absolute atomic E-state index is 12.7. The predicted molar refractivity (Wildman–Crippen MR) is 165 cm³/mol. The van der Waals surface area contributed by atoms with Crippen LogP contribution in [-0.4, -0.2) is 60.8 Å². The van der Waals surface area contributed by atoms with Gasteiger partial charge in [0.05, 0.1) is 43.1 Å². The summed E-state index contributed by atoms with van der Waals surface area (Å²) in [7, 11) is 3.03. The van der Waals surface area contributed by atoms with Crippen LogP contribution in [0.2, 0.25) is 0 Å². The van der Waals surface area contributed by atoms with Gasteiger partial charge >= 0.3 is 5.97 Å². The van der Waals surface area contributed by atoms with E-state index >= 15 is 0 Å². The van der Waals surface area contributed by atoms with E-state index in [0.717, 1.165) is 15.5 Å². The van der Waals surface area contributed by atoms with E-state index in [4.69, 9.17) is 24.1 Å². The third kappa shape index (κ3) is 7.68. The fourth-order valence-corrected chi connectivity index (χ4v) is 6.17. The van der Waals surface area contributed by atoms with Crippen LogP contribution >= 0.6 is 22.7 Å². The van der Waals surface area contributed by atoms with Crippen LogP contribution in [0.25, 0.3) is 20.3 Å². The summed E-state index contributed by atoms with van der Waals surface area (Å²) in [5.41, 5.74) is 0. The highest BCUT2D eigenvalue weighted by atomic mass is 32.1. The number of aliphatic carboxylic acids is 1. The second kappa shape index (κ2) is 14.0. The molecule has 0 aliphatic carbocycles. The average Bonchev–Trinajstić information content (AvgIpc) is 3.59. The molecule has 3 heterocycles. The molecule has 0 radical (unpaired) electrons. The quantitative estimate of drug-likeness (QED) is 0.109. The zero-order valence-corrected chi connectivity index (χ0v) is 26.2. The monoisotopic (exact) mass is 627 g/mol. The maximum Gasteiger partial charge on any atom is 0.306 e. The third-order valence-electron chi connectivity index (χ3n) is 6.89. The predicted octanol–water partition coefficient (Wildman–Crippen LogP) is 6.47.